The highest BCUT2D eigenvalue weighted by Crippen LogP contribution is 2.42. The average Bonchev–Trinajstić information content (AvgIpc) is 3.15. The van der Waals surface area contributed by atoms with E-state index in [4.69, 9.17) is 0 Å². The summed E-state index contributed by atoms with van der Waals surface area (Å²) in [4.78, 5) is 0. The van der Waals surface area contributed by atoms with Crippen LogP contribution in [0.2, 0.25) is 0 Å². The van der Waals surface area contributed by atoms with Crippen LogP contribution in [0, 0.1) is 0 Å². The normalized spacial score (nSPS) is 7.95. The summed E-state index contributed by atoms with van der Waals surface area (Å²) in [6, 6.07) is 43.4. The molecule has 0 heteroatoms. The zero-order chi connectivity index (χ0) is 33.6. The molecule has 238 valence electrons. The second kappa shape index (κ2) is 42.3. The molecular formula is C42H70. The first-order valence-electron chi connectivity index (χ1n) is 17.1. The van der Waals surface area contributed by atoms with Gasteiger partial charge in [0.1, 0.15) is 0 Å². The van der Waals surface area contributed by atoms with Crippen LogP contribution in [-0.4, -0.2) is 0 Å². The van der Waals surface area contributed by atoms with E-state index in [1.807, 2.05) is 111 Å². The van der Waals surface area contributed by atoms with Crippen LogP contribution in [0.4, 0.5) is 0 Å². The van der Waals surface area contributed by atoms with Gasteiger partial charge in [0, 0.05) is 11.8 Å². The maximum atomic E-state index is 2.25. The van der Waals surface area contributed by atoms with E-state index in [-0.39, 0.29) is 11.8 Å². The summed E-state index contributed by atoms with van der Waals surface area (Å²) in [6.45, 7) is 32.0. The van der Waals surface area contributed by atoms with Crippen molar-refractivity contribution in [3.63, 3.8) is 0 Å². The molecule has 0 saturated carbocycles. The van der Waals surface area contributed by atoms with Crippen LogP contribution < -0.4 is 0 Å². The van der Waals surface area contributed by atoms with Crippen LogP contribution in [-0.2, 0) is 0 Å². The molecule has 0 spiro atoms. The summed E-state index contributed by atoms with van der Waals surface area (Å²) in [5, 5.41) is 0. The Balaban J connectivity index is -0.000000248. The number of benzene rings is 4. The average molecular weight is 575 g/mol. The number of hydrogen-bond acceptors (Lipinski definition) is 0. The molecule has 0 aliphatic heterocycles. The predicted molar refractivity (Wildman–Crippen MR) is 200 cm³/mol. The smallest absolute Gasteiger partial charge is 0.0199 e. The summed E-state index contributed by atoms with van der Waals surface area (Å²) in [5.74, 6) is 0.532. The lowest BCUT2D eigenvalue weighted by Crippen LogP contribution is -2.14. The molecular weight excluding hydrogens is 504 g/mol. The van der Waals surface area contributed by atoms with Gasteiger partial charge in [-0.25, -0.2) is 0 Å². The Bertz CT molecular complexity index is 753. The topological polar surface area (TPSA) is 0 Å². The fraction of sp³-hybridized carbons (Fsp3) is 0.429. The molecule has 0 radical (unpaired) electrons. The van der Waals surface area contributed by atoms with Gasteiger partial charge in [-0.2, -0.15) is 0 Å². The lowest BCUT2D eigenvalue weighted by Gasteiger charge is -2.29. The SMILES string of the molecule is CC.CC.CC.CC.CC.CC.CC.CC.c1ccc(C(c2ccccc2)C(c2ccccc2)c2ccccc2)cc1. The van der Waals surface area contributed by atoms with Gasteiger partial charge in [-0.15, -0.1) is 0 Å². The highest BCUT2D eigenvalue weighted by atomic mass is 14.3. The third-order valence-corrected chi connectivity index (χ3v) is 4.97. The van der Waals surface area contributed by atoms with Crippen molar-refractivity contribution >= 4 is 0 Å². The molecule has 42 heavy (non-hydrogen) atoms. The second-order valence-corrected chi connectivity index (χ2v) is 6.60. The molecule has 0 atom stereocenters. The molecule has 0 aliphatic carbocycles. The first kappa shape index (κ1) is 48.6. The van der Waals surface area contributed by atoms with E-state index < -0.39 is 0 Å². The monoisotopic (exact) mass is 575 g/mol. The summed E-state index contributed by atoms with van der Waals surface area (Å²) in [6.07, 6.45) is 0. The summed E-state index contributed by atoms with van der Waals surface area (Å²) in [5.41, 5.74) is 5.38. The third kappa shape index (κ3) is 19.9. The fourth-order valence-corrected chi connectivity index (χ4v) is 3.80. The van der Waals surface area contributed by atoms with Gasteiger partial charge in [0.2, 0.25) is 0 Å². The first-order valence-corrected chi connectivity index (χ1v) is 17.1. The Morgan fingerprint density at radius 1 is 0.214 bits per heavy atom. The predicted octanol–water partition coefficient (Wildman–Crippen LogP) is 14.9. The van der Waals surface area contributed by atoms with Crippen LogP contribution in [0.5, 0.6) is 0 Å². The molecule has 0 N–H and O–H groups in total. The molecule has 0 bridgehead atoms. The van der Waals surface area contributed by atoms with Gasteiger partial charge in [-0.1, -0.05) is 232 Å². The Labute approximate surface area is 265 Å². The molecule has 0 unspecified atom stereocenters. The van der Waals surface area contributed by atoms with Crippen molar-refractivity contribution in [2.75, 3.05) is 0 Å². The summed E-state index contributed by atoms with van der Waals surface area (Å²) >= 11 is 0. The molecule has 0 amide bonds. The highest BCUT2D eigenvalue weighted by Gasteiger charge is 2.27. The van der Waals surface area contributed by atoms with E-state index in [1.54, 1.807) is 0 Å². The van der Waals surface area contributed by atoms with E-state index in [9.17, 15) is 0 Å². The highest BCUT2D eigenvalue weighted by molar-refractivity contribution is 5.44. The minimum absolute atomic E-state index is 0.266. The van der Waals surface area contributed by atoms with Gasteiger partial charge in [0.15, 0.2) is 0 Å². The van der Waals surface area contributed by atoms with Gasteiger partial charge in [-0.05, 0) is 22.3 Å². The molecule has 0 nitrogen and oxygen atoms in total. The molecule has 0 aromatic heterocycles. The van der Waals surface area contributed by atoms with Crippen molar-refractivity contribution < 1.29 is 0 Å². The van der Waals surface area contributed by atoms with Crippen LogP contribution in [0.1, 0.15) is 145 Å². The largest absolute Gasteiger partial charge is 0.0683 e. The summed E-state index contributed by atoms with van der Waals surface area (Å²) in [7, 11) is 0. The van der Waals surface area contributed by atoms with Crippen LogP contribution in [0.15, 0.2) is 121 Å². The van der Waals surface area contributed by atoms with E-state index in [1.165, 1.54) is 22.3 Å². The third-order valence-electron chi connectivity index (χ3n) is 4.97. The molecule has 4 aromatic rings. The quantitative estimate of drug-likeness (QED) is 0.222. The molecule has 4 aromatic carbocycles. The first-order chi connectivity index (χ1) is 20.9. The van der Waals surface area contributed by atoms with E-state index in [2.05, 4.69) is 121 Å². The number of rotatable bonds is 5. The van der Waals surface area contributed by atoms with Gasteiger partial charge in [0.25, 0.3) is 0 Å². The fourth-order valence-electron chi connectivity index (χ4n) is 3.80. The lowest BCUT2D eigenvalue weighted by atomic mass is 9.74. The van der Waals surface area contributed by atoms with Crippen molar-refractivity contribution in [3.8, 4) is 0 Å². The lowest BCUT2D eigenvalue weighted by molar-refractivity contribution is 0.694. The van der Waals surface area contributed by atoms with E-state index >= 15 is 0 Å². The standard InChI is InChI=1S/C26H22.8C2H6/c1-5-13-21(14-6-1)25(22-15-7-2-8-16-22)26(23-17-9-3-10-18-23)24-19-11-4-12-20-24;8*1-2/h1-20,25-26H;8*1-2H3. The van der Waals surface area contributed by atoms with Crippen molar-refractivity contribution in [1.29, 1.82) is 0 Å². The molecule has 0 aliphatic rings. The molecule has 0 saturated heterocycles. The molecule has 0 heterocycles. The van der Waals surface area contributed by atoms with Crippen molar-refractivity contribution in [3.05, 3.63) is 144 Å². The Morgan fingerprint density at radius 2 is 0.333 bits per heavy atom. The Morgan fingerprint density at radius 3 is 0.452 bits per heavy atom. The van der Waals surface area contributed by atoms with Gasteiger partial charge in [0.05, 0.1) is 0 Å². The van der Waals surface area contributed by atoms with Crippen LogP contribution in [0.3, 0.4) is 0 Å². The van der Waals surface area contributed by atoms with E-state index in [0.29, 0.717) is 0 Å². The van der Waals surface area contributed by atoms with Gasteiger partial charge in [-0.3, -0.25) is 0 Å². The minimum atomic E-state index is 0.266. The Kier molecular flexibility index (Phi) is 49.0. The molecule has 4 rings (SSSR count). The number of hydrogen-bond donors (Lipinski definition) is 0. The summed E-state index contributed by atoms with van der Waals surface area (Å²) < 4.78 is 0. The Hall–Kier alpha value is -3.12. The van der Waals surface area contributed by atoms with Crippen LogP contribution >= 0.6 is 0 Å². The van der Waals surface area contributed by atoms with Gasteiger partial charge < -0.3 is 0 Å². The van der Waals surface area contributed by atoms with Crippen molar-refractivity contribution in [1.82, 2.24) is 0 Å². The van der Waals surface area contributed by atoms with E-state index in [0.717, 1.165) is 0 Å². The van der Waals surface area contributed by atoms with Crippen LogP contribution in [0.25, 0.3) is 0 Å². The zero-order valence-electron chi connectivity index (χ0n) is 30.7. The van der Waals surface area contributed by atoms with Crippen molar-refractivity contribution in [2.24, 2.45) is 0 Å². The van der Waals surface area contributed by atoms with Crippen molar-refractivity contribution in [2.45, 2.75) is 123 Å². The maximum Gasteiger partial charge on any atom is 0.0199 e. The minimum Gasteiger partial charge on any atom is -0.0683 e. The molecule has 0 fully saturated rings. The zero-order valence-corrected chi connectivity index (χ0v) is 30.7. The van der Waals surface area contributed by atoms with Gasteiger partial charge >= 0.3 is 0 Å². The maximum absolute atomic E-state index is 2.25. The second-order valence-electron chi connectivity index (χ2n) is 6.60.